The average Bonchev–Trinajstić information content (AvgIpc) is 3.32. The highest BCUT2D eigenvalue weighted by molar-refractivity contribution is 7.98. The number of nitrogens with zero attached hydrogens (tertiary/aromatic N) is 3. The third-order valence-corrected chi connectivity index (χ3v) is 6.50. The van der Waals surface area contributed by atoms with Crippen molar-refractivity contribution in [3.63, 3.8) is 0 Å². The molecule has 1 N–H and O–H groups in total. The Morgan fingerprint density at radius 3 is 2.73 bits per heavy atom. The van der Waals surface area contributed by atoms with Crippen molar-refractivity contribution in [3.8, 4) is 0 Å². The number of carbonyl (C=O) groups is 1. The third-order valence-electron chi connectivity index (χ3n) is 5.46. The van der Waals surface area contributed by atoms with E-state index in [1.54, 1.807) is 18.3 Å². The fraction of sp³-hybridized carbons (Fsp3) is 0.348. The molecule has 1 aliphatic heterocycles. The van der Waals surface area contributed by atoms with Gasteiger partial charge in [-0.1, -0.05) is 12.1 Å². The van der Waals surface area contributed by atoms with E-state index in [0.29, 0.717) is 16.3 Å². The largest absolute Gasteiger partial charge is 0.371 e. The third kappa shape index (κ3) is 4.51. The first kappa shape index (κ1) is 20.5. The zero-order valence-electron chi connectivity index (χ0n) is 17.5. The number of nitrogens with one attached hydrogen (secondary N) is 1. The van der Waals surface area contributed by atoms with Crippen molar-refractivity contribution < 1.29 is 9.32 Å². The first-order valence-electron chi connectivity index (χ1n) is 10.2. The van der Waals surface area contributed by atoms with Crippen LogP contribution in [0, 0.1) is 19.8 Å². The summed E-state index contributed by atoms with van der Waals surface area (Å²) in [6, 6.07) is 11.7. The minimum Gasteiger partial charge on any atom is -0.371 e. The van der Waals surface area contributed by atoms with Crippen LogP contribution in [0.5, 0.6) is 0 Å². The van der Waals surface area contributed by atoms with E-state index in [4.69, 9.17) is 4.52 Å². The molecule has 1 aliphatic rings. The van der Waals surface area contributed by atoms with Gasteiger partial charge < -0.3 is 14.7 Å². The topological polar surface area (TPSA) is 71.3 Å². The van der Waals surface area contributed by atoms with Crippen LogP contribution in [0.25, 0.3) is 0 Å². The van der Waals surface area contributed by atoms with Gasteiger partial charge in [-0.3, -0.25) is 4.79 Å². The van der Waals surface area contributed by atoms with Crippen molar-refractivity contribution in [2.75, 3.05) is 23.3 Å². The normalized spacial score (nSPS) is 16.1. The second kappa shape index (κ2) is 8.92. The Morgan fingerprint density at radius 2 is 2.07 bits per heavy atom. The minimum absolute atomic E-state index is 0.160. The molecule has 0 aliphatic carbocycles. The summed E-state index contributed by atoms with van der Waals surface area (Å²) in [6.45, 7) is 8.28. The van der Waals surface area contributed by atoms with Gasteiger partial charge in [0, 0.05) is 42.0 Å². The van der Waals surface area contributed by atoms with Crippen molar-refractivity contribution in [3.05, 3.63) is 65.2 Å². The summed E-state index contributed by atoms with van der Waals surface area (Å²) in [7, 11) is 0. The zero-order valence-corrected chi connectivity index (χ0v) is 18.3. The van der Waals surface area contributed by atoms with Crippen molar-refractivity contribution in [2.45, 2.75) is 38.0 Å². The maximum atomic E-state index is 12.9. The van der Waals surface area contributed by atoms with Crippen LogP contribution in [-0.4, -0.2) is 29.1 Å². The number of benzene rings is 1. The van der Waals surface area contributed by atoms with Crippen LogP contribution in [-0.2, 0) is 5.75 Å². The number of hydrogen-bond donors (Lipinski definition) is 1. The number of aryl methyl sites for hydroxylation is 2. The second-order valence-electron chi connectivity index (χ2n) is 7.79. The fourth-order valence-corrected chi connectivity index (χ4v) is 4.80. The lowest BCUT2D eigenvalue weighted by Gasteiger charge is -2.18. The maximum Gasteiger partial charge on any atom is 0.258 e. The molecule has 30 heavy (non-hydrogen) atoms. The molecule has 1 aromatic carbocycles. The summed E-state index contributed by atoms with van der Waals surface area (Å²) in [5.41, 5.74) is 4.46. The first-order chi connectivity index (χ1) is 14.5. The summed E-state index contributed by atoms with van der Waals surface area (Å²) >= 11 is 1.51. The van der Waals surface area contributed by atoms with Gasteiger partial charge in [0.25, 0.3) is 5.91 Å². The van der Waals surface area contributed by atoms with Crippen LogP contribution in [0.2, 0.25) is 0 Å². The molecule has 1 fully saturated rings. The minimum atomic E-state index is -0.160. The average molecular weight is 423 g/mol. The Morgan fingerprint density at radius 1 is 1.27 bits per heavy atom. The van der Waals surface area contributed by atoms with E-state index in [1.165, 1.54) is 23.9 Å². The number of thioether (sulfide) groups is 1. The number of carbonyl (C=O) groups excluding carboxylic acids is 1. The molecule has 156 valence electrons. The Balaban J connectivity index is 1.43. The standard InChI is InChI=1S/C23H26N4O2S/c1-15-10-12-27(13-15)19-8-6-18(7-9-19)25-22(28)20-5-4-11-24-23(20)30-14-21-16(2)26-29-17(21)3/h4-9,11,15H,10,12-14H2,1-3H3,(H,25,28). The van der Waals surface area contributed by atoms with Gasteiger partial charge in [0.1, 0.15) is 10.8 Å². The molecule has 1 unspecified atom stereocenters. The number of anilines is 2. The summed E-state index contributed by atoms with van der Waals surface area (Å²) in [4.78, 5) is 19.7. The lowest BCUT2D eigenvalue weighted by molar-refractivity contribution is 0.102. The van der Waals surface area contributed by atoms with Gasteiger partial charge in [0.15, 0.2) is 0 Å². The molecular formula is C23H26N4O2S. The predicted molar refractivity (Wildman–Crippen MR) is 120 cm³/mol. The molecule has 1 saturated heterocycles. The van der Waals surface area contributed by atoms with Crippen LogP contribution in [0.1, 0.15) is 40.7 Å². The molecule has 2 aromatic heterocycles. The van der Waals surface area contributed by atoms with E-state index in [0.717, 1.165) is 41.7 Å². The molecule has 3 aromatic rings. The Hall–Kier alpha value is -2.80. The van der Waals surface area contributed by atoms with E-state index in [1.807, 2.05) is 26.0 Å². The molecule has 1 atom stereocenters. The molecule has 4 rings (SSSR count). The molecule has 0 spiro atoms. The van der Waals surface area contributed by atoms with E-state index < -0.39 is 0 Å². The monoisotopic (exact) mass is 422 g/mol. The number of pyridine rings is 1. The van der Waals surface area contributed by atoms with E-state index >= 15 is 0 Å². The summed E-state index contributed by atoms with van der Waals surface area (Å²) in [5, 5.41) is 7.68. The zero-order chi connectivity index (χ0) is 21.1. The SMILES string of the molecule is Cc1noc(C)c1CSc1ncccc1C(=O)Nc1ccc(N2CCC(C)C2)cc1. The number of amides is 1. The van der Waals surface area contributed by atoms with Gasteiger partial charge in [-0.2, -0.15) is 0 Å². The van der Waals surface area contributed by atoms with Gasteiger partial charge in [0.2, 0.25) is 0 Å². The molecule has 3 heterocycles. The highest BCUT2D eigenvalue weighted by Crippen LogP contribution is 2.28. The lowest BCUT2D eigenvalue weighted by atomic mass is 10.2. The van der Waals surface area contributed by atoms with E-state index in [9.17, 15) is 4.79 Å². The molecule has 0 radical (unpaired) electrons. The van der Waals surface area contributed by atoms with Crippen LogP contribution in [0.15, 0.2) is 52.1 Å². The Kier molecular flexibility index (Phi) is 6.08. The van der Waals surface area contributed by atoms with Crippen molar-refractivity contribution >= 4 is 29.0 Å². The highest BCUT2D eigenvalue weighted by atomic mass is 32.2. The highest BCUT2D eigenvalue weighted by Gasteiger charge is 2.19. The smallest absolute Gasteiger partial charge is 0.258 e. The molecule has 0 bridgehead atoms. The van der Waals surface area contributed by atoms with E-state index in [-0.39, 0.29) is 5.91 Å². The van der Waals surface area contributed by atoms with Crippen LogP contribution >= 0.6 is 11.8 Å². The van der Waals surface area contributed by atoms with Gasteiger partial charge >= 0.3 is 0 Å². The molecular weight excluding hydrogens is 396 g/mol. The number of aromatic nitrogens is 2. The van der Waals surface area contributed by atoms with Gasteiger partial charge in [-0.15, -0.1) is 11.8 Å². The van der Waals surface area contributed by atoms with Crippen LogP contribution < -0.4 is 10.2 Å². The summed E-state index contributed by atoms with van der Waals surface area (Å²) < 4.78 is 5.23. The Bertz CT molecular complexity index is 1010. The molecule has 1 amide bonds. The second-order valence-corrected chi connectivity index (χ2v) is 8.75. The molecule has 0 saturated carbocycles. The predicted octanol–water partition coefficient (Wildman–Crippen LogP) is 5.08. The maximum absolute atomic E-state index is 12.9. The van der Waals surface area contributed by atoms with Crippen LogP contribution in [0.3, 0.4) is 0 Å². The molecule has 7 heteroatoms. The summed E-state index contributed by atoms with van der Waals surface area (Å²) in [5.74, 6) is 2.03. The quantitative estimate of drug-likeness (QED) is 0.559. The number of hydrogen-bond acceptors (Lipinski definition) is 6. The van der Waals surface area contributed by atoms with Gasteiger partial charge in [0.05, 0.1) is 11.3 Å². The fourth-order valence-electron chi connectivity index (χ4n) is 3.65. The van der Waals surface area contributed by atoms with Crippen molar-refractivity contribution in [2.24, 2.45) is 5.92 Å². The number of rotatable bonds is 6. The van der Waals surface area contributed by atoms with Gasteiger partial charge in [-0.05, 0) is 62.6 Å². The van der Waals surface area contributed by atoms with Crippen molar-refractivity contribution in [1.82, 2.24) is 10.1 Å². The Labute approximate surface area is 181 Å². The van der Waals surface area contributed by atoms with Crippen LogP contribution in [0.4, 0.5) is 11.4 Å². The summed E-state index contributed by atoms with van der Waals surface area (Å²) in [6.07, 6.45) is 2.94. The lowest BCUT2D eigenvalue weighted by Crippen LogP contribution is -2.19. The van der Waals surface area contributed by atoms with E-state index in [2.05, 4.69) is 39.4 Å². The van der Waals surface area contributed by atoms with Crippen molar-refractivity contribution in [1.29, 1.82) is 0 Å². The first-order valence-corrected chi connectivity index (χ1v) is 11.2. The van der Waals surface area contributed by atoms with Gasteiger partial charge in [-0.25, -0.2) is 4.98 Å². The molecule has 6 nitrogen and oxygen atoms in total.